The molecule has 0 unspecified atom stereocenters. The molecule has 3 N–H and O–H groups in total. The number of allylic oxidation sites excluding steroid dienone is 8. The molecule has 0 aromatic heterocycles. The average Bonchev–Trinajstić information content (AvgIpc) is 2.49. The molecule has 0 spiro atoms. The van der Waals surface area contributed by atoms with Crippen molar-refractivity contribution in [3.63, 3.8) is 0 Å². The van der Waals surface area contributed by atoms with Crippen LogP contribution in [0.1, 0.15) is 26.7 Å². The van der Waals surface area contributed by atoms with Crippen LogP contribution in [0.2, 0.25) is 0 Å². The number of halogens is 2. The van der Waals surface area contributed by atoms with E-state index in [1.54, 1.807) is 26.0 Å². The lowest BCUT2D eigenvalue weighted by Gasteiger charge is -2.05. The van der Waals surface area contributed by atoms with Crippen molar-refractivity contribution in [1.82, 2.24) is 10.9 Å². The molecule has 0 fully saturated rings. The molecule has 0 amide bonds. The zero-order valence-electron chi connectivity index (χ0n) is 12.5. The van der Waals surface area contributed by atoms with Crippen LogP contribution in [0.25, 0.3) is 0 Å². The Bertz CT molecular complexity index is 583. The van der Waals surface area contributed by atoms with Crippen LogP contribution in [0.3, 0.4) is 0 Å². The molecule has 0 aromatic rings. The van der Waals surface area contributed by atoms with Crippen LogP contribution in [0.4, 0.5) is 8.78 Å². The van der Waals surface area contributed by atoms with Gasteiger partial charge in [0, 0.05) is 11.1 Å². The van der Waals surface area contributed by atoms with Gasteiger partial charge in [0.2, 0.25) is 5.96 Å². The molecule has 7 heteroatoms. The van der Waals surface area contributed by atoms with Crippen molar-refractivity contribution in [2.75, 3.05) is 0 Å². The first-order valence-corrected chi connectivity index (χ1v) is 6.76. The normalized spacial score (nSPS) is 16.7. The van der Waals surface area contributed by atoms with Crippen molar-refractivity contribution in [1.29, 1.82) is 5.41 Å². The number of nitrogens with one attached hydrogen (secondary N) is 3. The van der Waals surface area contributed by atoms with Gasteiger partial charge in [-0.1, -0.05) is 12.2 Å². The third-order valence-corrected chi connectivity index (χ3v) is 2.63. The highest BCUT2D eigenvalue weighted by Crippen LogP contribution is 2.17. The molecule has 0 saturated heterocycles. The Hall–Kier alpha value is -2.57. The van der Waals surface area contributed by atoms with E-state index in [2.05, 4.69) is 21.1 Å². The first-order chi connectivity index (χ1) is 10.5. The van der Waals surface area contributed by atoms with Gasteiger partial charge in [-0.2, -0.15) is 10.2 Å². The molecule has 0 radical (unpaired) electrons. The molecule has 0 atom stereocenters. The zero-order valence-corrected chi connectivity index (χ0v) is 12.5. The van der Waals surface area contributed by atoms with E-state index < -0.39 is 5.83 Å². The lowest BCUT2D eigenvalue weighted by Crippen LogP contribution is -2.29. The maximum Gasteiger partial charge on any atom is 0.230 e. The largest absolute Gasteiger partial charge is 0.266 e. The third-order valence-electron chi connectivity index (χ3n) is 2.63. The molecule has 0 bridgehead atoms. The average molecular weight is 307 g/mol. The Morgan fingerprint density at radius 1 is 1.27 bits per heavy atom. The summed E-state index contributed by atoms with van der Waals surface area (Å²) in [6.07, 6.45) is 10.1. The van der Waals surface area contributed by atoms with Gasteiger partial charge < -0.3 is 0 Å². The van der Waals surface area contributed by atoms with Crippen molar-refractivity contribution in [2.24, 2.45) is 10.2 Å². The molecular formula is C15H19F2N5. The maximum absolute atomic E-state index is 13.3. The van der Waals surface area contributed by atoms with Crippen LogP contribution in [-0.4, -0.2) is 18.4 Å². The predicted octanol–water partition coefficient (Wildman–Crippen LogP) is 3.47. The fraction of sp³-hybridized carbons (Fsp3) is 0.267. The third kappa shape index (κ3) is 6.25. The summed E-state index contributed by atoms with van der Waals surface area (Å²) in [7, 11) is 0. The van der Waals surface area contributed by atoms with E-state index in [9.17, 15) is 8.78 Å². The summed E-state index contributed by atoms with van der Waals surface area (Å²) in [5.41, 5.74) is 5.38. The molecule has 0 aliphatic heterocycles. The summed E-state index contributed by atoms with van der Waals surface area (Å²) in [6.45, 7) is 3.26. The van der Waals surface area contributed by atoms with Crippen molar-refractivity contribution < 1.29 is 8.78 Å². The van der Waals surface area contributed by atoms with Gasteiger partial charge >= 0.3 is 0 Å². The Morgan fingerprint density at radius 2 is 1.95 bits per heavy atom. The minimum absolute atomic E-state index is 0.215. The summed E-state index contributed by atoms with van der Waals surface area (Å²) >= 11 is 0. The van der Waals surface area contributed by atoms with Crippen LogP contribution in [-0.2, 0) is 0 Å². The van der Waals surface area contributed by atoms with E-state index in [0.717, 1.165) is 6.42 Å². The number of nitrogens with zero attached hydrogens (tertiary/aromatic N) is 2. The highest BCUT2D eigenvalue weighted by Gasteiger charge is 2.05. The van der Waals surface area contributed by atoms with Gasteiger partial charge in [-0.3, -0.25) is 5.41 Å². The summed E-state index contributed by atoms with van der Waals surface area (Å²) < 4.78 is 26.6. The molecule has 0 heterocycles. The lowest BCUT2D eigenvalue weighted by atomic mass is 10.1. The minimum Gasteiger partial charge on any atom is -0.266 e. The van der Waals surface area contributed by atoms with E-state index in [4.69, 9.17) is 5.41 Å². The van der Waals surface area contributed by atoms with Crippen LogP contribution < -0.4 is 10.9 Å². The Kier molecular flexibility index (Phi) is 7.45. The van der Waals surface area contributed by atoms with Crippen molar-refractivity contribution >= 4 is 18.4 Å². The number of hydrogen-bond donors (Lipinski definition) is 3. The van der Waals surface area contributed by atoms with E-state index in [0.29, 0.717) is 17.6 Å². The van der Waals surface area contributed by atoms with Gasteiger partial charge in [-0.25, -0.2) is 19.6 Å². The summed E-state index contributed by atoms with van der Waals surface area (Å²) in [5, 5.41) is 14.9. The second kappa shape index (κ2) is 9.38. The van der Waals surface area contributed by atoms with E-state index in [1.807, 2.05) is 0 Å². The Morgan fingerprint density at radius 3 is 2.64 bits per heavy atom. The smallest absolute Gasteiger partial charge is 0.230 e. The SMILES string of the molecule is C\C=C/C(F)=C(C)/C=N/NC(=N)N/N=C/C1=CCCC=C1F. The van der Waals surface area contributed by atoms with Crippen molar-refractivity contribution in [3.8, 4) is 0 Å². The first-order valence-electron chi connectivity index (χ1n) is 6.76. The molecule has 118 valence electrons. The van der Waals surface area contributed by atoms with Crippen LogP contribution >= 0.6 is 0 Å². The number of hydrogen-bond acceptors (Lipinski definition) is 3. The van der Waals surface area contributed by atoms with Crippen LogP contribution in [0.15, 0.2) is 57.3 Å². The quantitative estimate of drug-likeness (QED) is 0.315. The van der Waals surface area contributed by atoms with Gasteiger partial charge in [0.15, 0.2) is 0 Å². The van der Waals surface area contributed by atoms with E-state index >= 15 is 0 Å². The zero-order chi connectivity index (χ0) is 16.4. The topological polar surface area (TPSA) is 72.6 Å². The Balaban J connectivity index is 2.43. The van der Waals surface area contributed by atoms with E-state index in [1.165, 1.54) is 24.6 Å². The molecular weight excluding hydrogens is 288 g/mol. The predicted molar refractivity (Wildman–Crippen MR) is 86.1 cm³/mol. The molecule has 22 heavy (non-hydrogen) atoms. The molecule has 5 nitrogen and oxygen atoms in total. The fourth-order valence-corrected chi connectivity index (χ4v) is 1.50. The van der Waals surface area contributed by atoms with Gasteiger partial charge in [-0.05, 0) is 38.8 Å². The number of rotatable bonds is 5. The lowest BCUT2D eigenvalue weighted by molar-refractivity contribution is 0.645. The Labute approximate surface area is 128 Å². The summed E-state index contributed by atoms with van der Waals surface area (Å²) in [4.78, 5) is 0. The number of hydrazone groups is 2. The maximum atomic E-state index is 13.3. The second-order valence-corrected chi connectivity index (χ2v) is 4.43. The first kappa shape index (κ1) is 17.5. The van der Waals surface area contributed by atoms with Gasteiger partial charge in [0.1, 0.15) is 11.7 Å². The molecule has 1 rings (SSSR count). The van der Waals surface area contributed by atoms with Gasteiger partial charge in [0.05, 0.1) is 12.4 Å². The van der Waals surface area contributed by atoms with Gasteiger partial charge in [0.25, 0.3) is 0 Å². The highest BCUT2D eigenvalue weighted by atomic mass is 19.1. The molecule has 1 aliphatic rings. The molecule has 0 aromatic carbocycles. The van der Waals surface area contributed by atoms with E-state index in [-0.39, 0.29) is 11.8 Å². The van der Waals surface area contributed by atoms with Crippen molar-refractivity contribution in [2.45, 2.75) is 26.7 Å². The number of guanidine groups is 1. The molecule has 1 aliphatic carbocycles. The standard InChI is InChI=1S/C15H19F2N5/c1-3-6-13(16)11(2)9-19-21-15(18)22-20-10-12-7-4-5-8-14(12)17/h3,6-10H,4-5H2,1-2H3,(H3,18,21,22)/b6-3-,13-11-,19-9+,20-10+. The molecule has 0 saturated carbocycles. The van der Waals surface area contributed by atoms with Crippen LogP contribution in [0.5, 0.6) is 0 Å². The second-order valence-electron chi connectivity index (χ2n) is 4.43. The minimum atomic E-state index is -0.406. The summed E-state index contributed by atoms with van der Waals surface area (Å²) in [5.74, 6) is -0.945. The van der Waals surface area contributed by atoms with Crippen molar-refractivity contribution in [3.05, 3.63) is 47.1 Å². The monoisotopic (exact) mass is 307 g/mol. The van der Waals surface area contributed by atoms with Crippen LogP contribution in [0, 0.1) is 5.41 Å². The fourth-order valence-electron chi connectivity index (χ4n) is 1.50. The van der Waals surface area contributed by atoms with Gasteiger partial charge in [-0.15, -0.1) is 0 Å². The summed E-state index contributed by atoms with van der Waals surface area (Å²) in [6, 6.07) is 0. The highest BCUT2D eigenvalue weighted by molar-refractivity contribution is 5.86.